The monoisotopic (exact) mass is 135 g/mol. The maximum Gasteiger partial charge on any atom is 0.0651 e. The van der Waals surface area contributed by atoms with Crippen molar-refractivity contribution >= 4 is 12.4 Å². The third-order valence-electron chi connectivity index (χ3n) is 1.87. The molecule has 1 aliphatic carbocycles. The Kier molecular flexibility index (Phi) is 1.26. The number of nitrogens with two attached hydrogens (primary N) is 1. The molecule has 2 saturated heterocycles. The van der Waals surface area contributed by atoms with E-state index in [-0.39, 0.29) is 17.9 Å². The molecule has 48 valence electrons. The van der Waals surface area contributed by atoms with Gasteiger partial charge in [0.25, 0.3) is 0 Å². The average Bonchev–Trinajstić information content (AvgIpc) is 1.88. The molecule has 0 aromatic rings. The second-order valence-corrected chi connectivity index (χ2v) is 2.70. The van der Waals surface area contributed by atoms with Crippen molar-refractivity contribution in [2.45, 2.75) is 24.5 Å². The molecule has 0 radical (unpaired) electrons. The highest BCUT2D eigenvalue weighted by molar-refractivity contribution is 5.85. The van der Waals surface area contributed by atoms with Crippen molar-refractivity contribution in [2.24, 2.45) is 5.73 Å². The zero-order valence-electron chi connectivity index (χ0n) is 4.59. The molecule has 0 spiro atoms. The van der Waals surface area contributed by atoms with E-state index >= 15 is 0 Å². The van der Waals surface area contributed by atoms with Crippen LogP contribution in [0.2, 0.25) is 0 Å². The fourth-order valence-electron chi connectivity index (χ4n) is 1.37. The summed E-state index contributed by atoms with van der Waals surface area (Å²) in [6, 6.07) is 0. The van der Waals surface area contributed by atoms with E-state index in [0.717, 1.165) is 19.4 Å². The van der Waals surface area contributed by atoms with Crippen molar-refractivity contribution in [2.75, 3.05) is 6.61 Å². The molecule has 2 aliphatic heterocycles. The van der Waals surface area contributed by atoms with Crippen molar-refractivity contribution in [3.8, 4) is 0 Å². The van der Waals surface area contributed by atoms with Gasteiger partial charge < -0.3 is 10.5 Å². The van der Waals surface area contributed by atoms with Crippen molar-refractivity contribution in [1.82, 2.24) is 0 Å². The number of fused-ring (bicyclic) bond motifs is 1. The van der Waals surface area contributed by atoms with Crippen molar-refractivity contribution < 1.29 is 4.74 Å². The Labute approximate surface area is 54.8 Å². The molecular formula is C5H10ClNO. The molecule has 1 saturated carbocycles. The molecule has 0 unspecified atom stereocenters. The van der Waals surface area contributed by atoms with E-state index < -0.39 is 0 Å². The van der Waals surface area contributed by atoms with E-state index in [2.05, 4.69) is 0 Å². The van der Waals surface area contributed by atoms with Gasteiger partial charge >= 0.3 is 0 Å². The molecule has 0 amide bonds. The minimum absolute atomic E-state index is 0. The first-order valence-corrected chi connectivity index (χ1v) is 2.69. The Morgan fingerprint density at radius 3 is 2.25 bits per heavy atom. The van der Waals surface area contributed by atoms with E-state index in [9.17, 15) is 0 Å². The van der Waals surface area contributed by atoms with Gasteiger partial charge in [-0.1, -0.05) is 0 Å². The van der Waals surface area contributed by atoms with Crippen molar-refractivity contribution in [1.29, 1.82) is 0 Å². The quantitative estimate of drug-likeness (QED) is 0.519. The number of rotatable bonds is 0. The van der Waals surface area contributed by atoms with E-state index in [0.29, 0.717) is 6.10 Å². The van der Waals surface area contributed by atoms with Crippen LogP contribution in [0.15, 0.2) is 0 Å². The molecule has 0 atom stereocenters. The van der Waals surface area contributed by atoms with Crippen LogP contribution in [0, 0.1) is 0 Å². The summed E-state index contributed by atoms with van der Waals surface area (Å²) in [5.41, 5.74) is 5.83. The van der Waals surface area contributed by atoms with Gasteiger partial charge in [-0.05, 0) is 12.8 Å². The number of hydrogen-bond donors (Lipinski definition) is 1. The molecule has 8 heavy (non-hydrogen) atoms. The third-order valence-corrected chi connectivity index (χ3v) is 1.87. The number of hydrogen-bond acceptors (Lipinski definition) is 2. The van der Waals surface area contributed by atoms with Gasteiger partial charge in [0, 0.05) is 5.54 Å². The van der Waals surface area contributed by atoms with Crippen LogP contribution < -0.4 is 5.73 Å². The number of ether oxygens (including phenoxy) is 1. The molecule has 2 nitrogen and oxygen atoms in total. The number of halogens is 1. The smallest absolute Gasteiger partial charge is 0.0651 e. The van der Waals surface area contributed by atoms with E-state index in [1.165, 1.54) is 0 Å². The van der Waals surface area contributed by atoms with Gasteiger partial charge in [-0.15, -0.1) is 12.4 Å². The minimum atomic E-state index is 0. The maximum absolute atomic E-state index is 5.72. The molecule has 2 bridgehead atoms. The zero-order valence-corrected chi connectivity index (χ0v) is 5.41. The van der Waals surface area contributed by atoms with Crippen LogP contribution in [0.1, 0.15) is 12.8 Å². The molecular weight excluding hydrogens is 126 g/mol. The molecule has 0 aromatic heterocycles. The van der Waals surface area contributed by atoms with E-state index in [1.807, 2.05) is 0 Å². The Morgan fingerprint density at radius 2 is 2.12 bits per heavy atom. The second-order valence-electron chi connectivity index (χ2n) is 2.70. The predicted octanol–water partition coefficient (Wildman–Crippen LogP) is 0.298. The Balaban J connectivity index is 0.000000320. The van der Waals surface area contributed by atoms with Crippen LogP contribution in [0.3, 0.4) is 0 Å². The fourth-order valence-corrected chi connectivity index (χ4v) is 1.37. The standard InChI is InChI=1S/C5H9NO.ClH/c6-5-1-4(2-5)7-3-5;/h4H,1-3,6H2;1H. The van der Waals surface area contributed by atoms with Gasteiger partial charge in [-0.2, -0.15) is 0 Å². The summed E-state index contributed by atoms with van der Waals surface area (Å²) in [6.45, 7) is 0.803. The lowest BCUT2D eigenvalue weighted by atomic mass is 9.79. The summed E-state index contributed by atoms with van der Waals surface area (Å²) in [5.74, 6) is 0. The summed E-state index contributed by atoms with van der Waals surface area (Å²) in [4.78, 5) is 0. The molecule has 2 N–H and O–H groups in total. The maximum atomic E-state index is 5.72. The van der Waals surface area contributed by atoms with Crippen LogP contribution in [0.5, 0.6) is 0 Å². The second kappa shape index (κ2) is 1.59. The van der Waals surface area contributed by atoms with Crippen LogP contribution in [-0.4, -0.2) is 18.2 Å². The topological polar surface area (TPSA) is 35.2 Å². The van der Waals surface area contributed by atoms with Gasteiger partial charge in [-0.3, -0.25) is 0 Å². The molecule has 0 aromatic carbocycles. The molecule has 2 heterocycles. The Morgan fingerprint density at radius 1 is 1.50 bits per heavy atom. The van der Waals surface area contributed by atoms with Crippen LogP contribution in [-0.2, 0) is 4.74 Å². The third kappa shape index (κ3) is 0.642. The lowest BCUT2D eigenvalue weighted by molar-refractivity contribution is 0.123. The highest BCUT2D eigenvalue weighted by Crippen LogP contribution is 2.39. The van der Waals surface area contributed by atoms with Gasteiger partial charge in [0.15, 0.2) is 0 Å². The molecule has 3 fully saturated rings. The van der Waals surface area contributed by atoms with E-state index in [4.69, 9.17) is 10.5 Å². The predicted molar refractivity (Wildman–Crippen MR) is 33.1 cm³/mol. The summed E-state index contributed by atoms with van der Waals surface area (Å²) in [5, 5.41) is 0. The van der Waals surface area contributed by atoms with Crippen LogP contribution in [0.25, 0.3) is 0 Å². The Hall–Kier alpha value is 0.210. The first-order chi connectivity index (χ1) is 3.29. The Bertz CT molecular complexity index is 95.1. The van der Waals surface area contributed by atoms with Gasteiger partial charge in [0.1, 0.15) is 0 Å². The first kappa shape index (κ1) is 6.33. The van der Waals surface area contributed by atoms with Gasteiger partial charge in [-0.25, -0.2) is 0 Å². The van der Waals surface area contributed by atoms with E-state index in [1.54, 1.807) is 0 Å². The highest BCUT2D eigenvalue weighted by Gasteiger charge is 2.48. The van der Waals surface area contributed by atoms with Gasteiger partial charge in [0.2, 0.25) is 0 Å². The normalized spacial score (nSPS) is 49.9. The van der Waals surface area contributed by atoms with Gasteiger partial charge in [0.05, 0.1) is 12.7 Å². The summed E-state index contributed by atoms with van der Waals surface area (Å²) in [7, 11) is 0. The lowest BCUT2D eigenvalue weighted by Gasteiger charge is -2.30. The largest absolute Gasteiger partial charge is 0.376 e. The van der Waals surface area contributed by atoms with Crippen LogP contribution >= 0.6 is 12.4 Å². The summed E-state index contributed by atoms with van der Waals surface area (Å²) < 4.78 is 5.20. The molecule has 3 rings (SSSR count). The molecule has 3 aliphatic rings. The molecule has 3 heteroatoms. The SMILES string of the molecule is Cl.NC12COC(C1)C2. The lowest BCUT2D eigenvalue weighted by Crippen LogP contribution is -2.48. The highest BCUT2D eigenvalue weighted by atomic mass is 35.5. The zero-order chi connectivity index (χ0) is 4.91. The fraction of sp³-hybridized carbons (Fsp3) is 1.00. The van der Waals surface area contributed by atoms with Crippen LogP contribution in [0.4, 0.5) is 0 Å². The minimum Gasteiger partial charge on any atom is -0.376 e. The van der Waals surface area contributed by atoms with Crippen molar-refractivity contribution in [3.05, 3.63) is 0 Å². The summed E-state index contributed by atoms with van der Waals surface area (Å²) >= 11 is 0. The summed E-state index contributed by atoms with van der Waals surface area (Å²) in [6.07, 6.45) is 2.74. The average molecular weight is 136 g/mol. The first-order valence-electron chi connectivity index (χ1n) is 2.69. The van der Waals surface area contributed by atoms with Crippen molar-refractivity contribution in [3.63, 3.8) is 0 Å².